The molecule has 4 rings (SSSR count). The molecule has 0 unspecified atom stereocenters. The van der Waals surface area contributed by atoms with Crippen molar-refractivity contribution in [3.05, 3.63) is 46.3 Å². The molecule has 1 aromatic carbocycles. The van der Waals surface area contributed by atoms with E-state index in [1.807, 2.05) is 24.3 Å². The Balaban J connectivity index is 1.44. The van der Waals surface area contributed by atoms with Crippen LogP contribution in [0.25, 0.3) is 0 Å². The third-order valence-electron chi connectivity index (χ3n) is 5.19. The molecule has 2 aromatic rings. The van der Waals surface area contributed by atoms with E-state index in [2.05, 4.69) is 4.90 Å². The van der Waals surface area contributed by atoms with Crippen LogP contribution in [0.2, 0.25) is 5.02 Å². The lowest BCUT2D eigenvalue weighted by Crippen LogP contribution is -2.48. The number of likely N-dealkylation sites (tertiary alicyclic amines) is 1. The maximum atomic E-state index is 13.0. The van der Waals surface area contributed by atoms with E-state index in [1.54, 1.807) is 17.0 Å². The first-order valence-electron chi connectivity index (χ1n) is 9.35. The molecule has 0 N–H and O–H groups in total. The molecule has 0 saturated carbocycles. The van der Waals surface area contributed by atoms with Crippen LogP contribution >= 0.6 is 22.9 Å². The topological polar surface area (TPSA) is 60.9 Å². The number of thiophene rings is 1. The Labute approximate surface area is 174 Å². The van der Waals surface area contributed by atoms with Crippen LogP contribution in [0.1, 0.15) is 22.5 Å². The summed E-state index contributed by atoms with van der Waals surface area (Å²) in [5, 5.41) is 0.668. The normalized spacial score (nSPS) is 18.6. The molecule has 9 heteroatoms. The summed E-state index contributed by atoms with van der Waals surface area (Å²) in [5.74, 6) is -0.0604. The molecule has 2 fully saturated rings. The van der Waals surface area contributed by atoms with Crippen LogP contribution in [-0.2, 0) is 10.0 Å². The Bertz CT molecular complexity index is 962. The fraction of sp³-hybridized carbons (Fsp3) is 0.421. The number of hydrogen-bond donors (Lipinski definition) is 0. The Kier molecular flexibility index (Phi) is 5.64. The van der Waals surface area contributed by atoms with Crippen molar-refractivity contribution in [3.63, 3.8) is 0 Å². The van der Waals surface area contributed by atoms with Gasteiger partial charge in [0.15, 0.2) is 0 Å². The number of sulfonamides is 1. The molecule has 150 valence electrons. The van der Waals surface area contributed by atoms with Gasteiger partial charge in [0.2, 0.25) is 0 Å². The third-order valence-corrected chi connectivity index (χ3v) is 8.87. The van der Waals surface area contributed by atoms with Gasteiger partial charge in [0.05, 0.1) is 4.88 Å². The largest absolute Gasteiger partial charge is 0.369 e. The number of halogens is 1. The molecule has 2 aliphatic rings. The van der Waals surface area contributed by atoms with E-state index in [9.17, 15) is 13.2 Å². The Morgan fingerprint density at radius 1 is 0.964 bits per heavy atom. The summed E-state index contributed by atoms with van der Waals surface area (Å²) < 4.78 is 27.8. The van der Waals surface area contributed by atoms with Gasteiger partial charge in [0.25, 0.3) is 15.9 Å². The number of anilines is 1. The van der Waals surface area contributed by atoms with Crippen LogP contribution < -0.4 is 4.90 Å². The predicted molar refractivity (Wildman–Crippen MR) is 112 cm³/mol. The maximum absolute atomic E-state index is 13.0. The summed E-state index contributed by atoms with van der Waals surface area (Å²) in [4.78, 5) is 16.9. The zero-order chi connectivity index (χ0) is 19.7. The SMILES string of the molecule is O=C(c1ccc(S(=O)(=O)N2CCN(c3cccc(Cl)c3)CC2)s1)N1CCCC1. The number of hydrogen-bond acceptors (Lipinski definition) is 5. The summed E-state index contributed by atoms with van der Waals surface area (Å²) in [6, 6.07) is 10.8. The molecule has 1 aromatic heterocycles. The van der Waals surface area contributed by atoms with Crippen LogP contribution in [0.5, 0.6) is 0 Å². The van der Waals surface area contributed by atoms with Gasteiger partial charge < -0.3 is 9.80 Å². The first kappa shape index (κ1) is 19.7. The van der Waals surface area contributed by atoms with Crippen molar-refractivity contribution < 1.29 is 13.2 Å². The van der Waals surface area contributed by atoms with Crippen molar-refractivity contribution in [2.45, 2.75) is 17.1 Å². The van der Waals surface area contributed by atoms with E-state index < -0.39 is 10.0 Å². The van der Waals surface area contributed by atoms with Gasteiger partial charge in [-0.1, -0.05) is 17.7 Å². The lowest BCUT2D eigenvalue weighted by molar-refractivity contribution is 0.0797. The summed E-state index contributed by atoms with van der Waals surface area (Å²) in [6.45, 7) is 3.52. The van der Waals surface area contributed by atoms with Crippen LogP contribution in [0.3, 0.4) is 0 Å². The van der Waals surface area contributed by atoms with E-state index in [1.165, 1.54) is 4.31 Å². The fourth-order valence-corrected chi connectivity index (χ4v) is 6.67. The van der Waals surface area contributed by atoms with Crippen molar-refractivity contribution >= 4 is 44.6 Å². The number of benzene rings is 1. The van der Waals surface area contributed by atoms with Crippen LogP contribution in [-0.4, -0.2) is 62.8 Å². The Hall–Kier alpha value is -1.61. The first-order chi connectivity index (χ1) is 13.4. The fourth-order valence-electron chi connectivity index (χ4n) is 3.64. The molecule has 0 radical (unpaired) electrons. The standard InChI is InChI=1S/C19H22ClN3O3S2/c20-15-4-3-5-16(14-15)21-10-12-23(13-11-21)28(25,26)18-7-6-17(27-18)19(24)22-8-1-2-9-22/h3-7,14H,1-2,8-13H2. The van der Waals surface area contributed by atoms with Gasteiger partial charge in [-0.05, 0) is 43.2 Å². The quantitative estimate of drug-likeness (QED) is 0.734. The molecule has 28 heavy (non-hydrogen) atoms. The second-order valence-corrected chi connectivity index (χ2v) is 10.7. The van der Waals surface area contributed by atoms with Gasteiger partial charge in [0, 0.05) is 50.0 Å². The van der Waals surface area contributed by atoms with Gasteiger partial charge in [0.1, 0.15) is 4.21 Å². The monoisotopic (exact) mass is 439 g/mol. The van der Waals surface area contributed by atoms with Crippen molar-refractivity contribution in [3.8, 4) is 0 Å². The minimum absolute atomic E-state index is 0.0604. The minimum atomic E-state index is -3.58. The lowest BCUT2D eigenvalue weighted by atomic mass is 10.2. The molecule has 0 atom stereocenters. The first-order valence-corrected chi connectivity index (χ1v) is 12.0. The van der Waals surface area contributed by atoms with E-state index in [0.717, 1.165) is 43.0 Å². The van der Waals surface area contributed by atoms with Crippen LogP contribution in [0, 0.1) is 0 Å². The summed E-state index contributed by atoms with van der Waals surface area (Å²) in [7, 11) is -3.58. The molecular formula is C19H22ClN3O3S2. The van der Waals surface area contributed by atoms with Crippen molar-refractivity contribution in [1.82, 2.24) is 9.21 Å². The van der Waals surface area contributed by atoms with Crippen LogP contribution in [0.4, 0.5) is 5.69 Å². The Morgan fingerprint density at radius 2 is 1.68 bits per heavy atom. The molecule has 0 aliphatic carbocycles. The van der Waals surface area contributed by atoms with Gasteiger partial charge >= 0.3 is 0 Å². The van der Waals surface area contributed by atoms with E-state index in [4.69, 9.17) is 11.6 Å². The van der Waals surface area contributed by atoms with Crippen molar-refractivity contribution in [1.29, 1.82) is 0 Å². The highest BCUT2D eigenvalue weighted by atomic mass is 35.5. The summed E-state index contributed by atoms with van der Waals surface area (Å²) >= 11 is 7.13. The van der Waals surface area contributed by atoms with Crippen molar-refractivity contribution in [2.75, 3.05) is 44.2 Å². The van der Waals surface area contributed by atoms with Gasteiger partial charge in [-0.3, -0.25) is 4.79 Å². The van der Waals surface area contributed by atoms with Crippen LogP contribution in [0.15, 0.2) is 40.6 Å². The zero-order valence-electron chi connectivity index (χ0n) is 15.4. The van der Waals surface area contributed by atoms with Gasteiger partial charge in [-0.2, -0.15) is 4.31 Å². The average molecular weight is 440 g/mol. The number of piperazine rings is 1. The van der Waals surface area contributed by atoms with E-state index in [0.29, 0.717) is 36.1 Å². The molecule has 3 heterocycles. The maximum Gasteiger partial charge on any atom is 0.263 e. The molecule has 1 amide bonds. The molecule has 6 nitrogen and oxygen atoms in total. The molecular weight excluding hydrogens is 418 g/mol. The second kappa shape index (κ2) is 8.02. The number of amides is 1. The minimum Gasteiger partial charge on any atom is -0.369 e. The smallest absolute Gasteiger partial charge is 0.263 e. The number of carbonyl (C=O) groups is 1. The molecule has 2 saturated heterocycles. The van der Waals surface area contributed by atoms with Gasteiger partial charge in [-0.15, -0.1) is 11.3 Å². The highest BCUT2D eigenvalue weighted by molar-refractivity contribution is 7.91. The average Bonchev–Trinajstić information content (AvgIpc) is 3.40. The summed E-state index contributed by atoms with van der Waals surface area (Å²) in [6.07, 6.45) is 2.03. The number of nitrogens with zero attached hydrogens (tertiary/aromatic N) is 3. The molecule has 2 aliphatic heterocycles. The van der Waals surface area contributed by atoms with Crippen molar-refractivity contribution in [2.24, 2.45) is 0 Å². The number of rotatable bonds is 4. The summed E-state index contributed by atoms with van der Waals surface area (Å²) in [5.41, 5.74) is 0.999. The van der Waals surface area contributed by atoms with E-state index in [-0.39, 0.29) is 10.1 Å². The molecule has 0 spiro atoms. The highest BCUT2D eigenvalue weighted by Gasteiger charge is 2.31. The Morgan fingerprint density at radius 3 is 2.36 bits per heavy atom. The van der Waals surface area contributed by atoms with E-state index >= 15 is 0 Å². The third kappa shape index (κ3) is 3.91. The zero-order valence-corrected chi connectivity index (χ0v) is 17.8. The highest BCUT2D eigenvalue weighted by Crippen LogP contribution is 2.28. The van der Waals surface area contributed by atoms with Gasteiger partial charge in [-0.25, -0.2) is 8.42 Å². The lowest BCUT2D eigenvalue weighted by Gasteiger charge is -2.35. The predicted octanol–water partition coefficient (Wildman–Crippen LogP) is 3.15. The number of carbonyl (C=O) groups excluding carboxylic acids is 1. The molecule has 0 bridgehead atoms. The second-order valence-electron chi connectivity index (χ2n) is 6.99.